The van der Waals surface area contributed by atoms with E-state index in [0.29, 0.717) is 12.1 Å². The van der Waals surface area contributed by atoms with E-state index in [9.17, 15) is 4.79 Å². The topological polar surface area (TPSA) is 20.3 Å². The number of carbonyl (C=O) groups excluding carboxylic acids is 1. The Morgan fingerprint density at radius 2 is 1.28 bits per heavy atom. The van der Waals surface area contributed by atoms with Crippen molar-refractivity contribution in [3.05, 3.63) is 71.8 Å². The third-order valence-corrected chi connectivity index (χ3v) is 5.09. The van der Waals surface area contributed by atoms with Gasteiger partial charge in [-0.15, -0.1) is 0 Å². The van der Waals surface area contributed by atoms with E-state index in [1.54, 1.807) is 0 Å². The first kappa shape index (κ1) is 19.4. The van der Waals surface area contributed by atoms with Gasteiger partial charge in [0, 0.05) is 12.1 Å². The molecule has 0 N–H and O–H groups in total. The zero-order chi connectivity index (χ0) is 18.3. The lowest BCUT2D eigenvalue weighted by atomic mass is 9.72. The normalized spacial score (nSPS) is 12.1. The number of hydrogen-bond donors (Lipinski definition) is 0. The largest absolute Gasteiger partial charge is 0.302 e. The van der Waals surface area contributed by atoms with Crippen LogP contribution in [0.1, 0.15) is 51.7 Å². The third kappa shape index (κ3) is 4.58. The van der Waals surface area contributed by atoms with Crippen LogP contribution in [-0.4, -0.2) is 29.8 Å². The van der Waals surface area contributed by atoms with Crippen LogP contribution in [0.3, 0.4) is 0 Å². The number of benzene rings is 2. The van der Waals surface area contributed by atoms with Crippen LogP contribution in [0, 0.1) is 0 Å². The van der Waals surface area contributed by atoms with Crippen LogP contribution in [0.15, 0.2) is 60.7 Å². The van der Waals surface area contributed by atoms with Crippen molar-refractivity contribution in [2.24, 2.45) is 0 Å². The van der Waals surface area contributed by atoms with Crippen LogP contribution in [-0.2, 0) is 10.2 Å². The van der Waals surface area contributed by atoms with Crippen molar-refractivity contribution in [1.82, 2.24) is 4.90 Å². The first-order chi connectivity index (χ1) is 12.0. The van der Waals surface area contributed by atoms with E-state index in [-0.39, 0.29) is 0 Å². The number of aldehydes is 1. The standard InChI is InChI=1S/C23H31NO/c1-19(2)24(20(3)4)17-11-16-23(18-25,21-12-7-5-8-13-21)22-14-9-6-10-15-22/h5-10,12-15,18-20H,11,16-17H2,1-4H3. The van der Waals surface area contributed by atoms with E-state index in [0.717, 1.165) is 36.8 Å². The molecule has 2 nitrogen and oxygen atoms in total. The van der Waals surface area contributed by atoms with Crippen LogP contribution < -0.4 is 0 Å². The molecule has 0 fully saturated rings. The Morgan fingerprint density at radius 1 is 0.840 bits per heavy atom. The molecule has 2 rings (SSSR count). The van der Waals surface area contributed by atoms with Crippen molar-refractivity contribution in [3.8, 4) is 0 Å². The molecule has 0 aliphatic rings. The van der Waals surface area contributed by atoms with Gasteiger partial charge in [-0.05, 0) is 58.2 Å². The lowest BCUT2D eigenvalue weighted by Gasteiger charge is -2.33. The molecule has 0 aliphatic heterocycles. The first-order valence-electron chi connectivity index (χ1n) is 9.34. The quantitative estimate of drug-likeness (QED) is 0.595. The van der Waals surface area contributed by atoms with E-state index < -0.39 is 5.41 Å². The van der Waals surface area contributed by atoms with Gasteiger partial charge >= 0.3 is 0 Å². The van der Waals surface area contributed by atoms with Crippen molar-refractivity contribution in [1.29, 1.82) is 0 Å². The molecule has 0 radical (unpaired) electrons. The molecule has 134 valence electrons. The predicted molar refractivity (Wildman–Crippen MR) is 106 cm³/mol. The Labute approximate surface area is 152 Å². The van der Waals surface area contributed by atoms with Crippen LogP contribution in [0.2, 0.25) is 0 Å². The summed E-state index contributed by atoms with van der Waals surface area (Å²) >= 11 is 0. The van der Waals surface area contributed by atoms with E-state index in [1.165, 1.54) is 0 Å². The monoisotopic (exact) mass is 337 g/mol. The molecule has 0 atom stereocenters. The summed E-state index contributed by atoms with van der Waals surface area (Å²) in [6.45, 7) is 9.95. The fraction of sp³-hybridized carbons (Fsp3) is 0.435. The van der Waals surface area contributed by atoms with E-state index in [2.05, 4.69) is 56.9 Å². The van der Waals surface area contributed by atoms with E-state index in [4.69, 9.17) is 0 Å². The van der Waals surface area contributed by atoms with Crippen molar-refractivity contribution in [2.45, 2.75) is 58.0 Å². The number of nitrogens with zero attached hydrogens (tertiary/aromatic N) is 1. The summed E-state index contributed by atoms with van der Waals surface area (Å²) < 4.78 is 0. The minimum Gasteiger partial charge on any atom is -0.302 e. The molecule has 2 aromatic rings. The second kappa shape index (κ2) is 8.96. The SMILES string of the molecule is CC(C)N(CCCC(C=O)(c1ccccc1)c1ccccc1)C(C)C. The summed E-state index contributed by atoms with van der Waals surface area (Å²) in [4.78, 5) is 14.8. The Kier molecular flexibility index (Phi) is 6.95. The molecule has 0 spiro atoms. The average molecular weight is 338 g/mol. The van der Waals surface area contributed by atoms with Gasteiger partial charge in [0.1, 0.15) is 6.29 Å². The van der Waals surface area contributed by atoms with Crippen LogP contribution in [0.4, 0.5) is 0 Å². The zero-order valence-corrected chi connectivity index (χ0v) is 16.0. The van der Waals surface area contributed by atoms with Gasteiger partial charge in [0.25, 0.3) is 0 Å². The minimum absolute atomic E-state index is 0.513. The average Bonchev–Trinajstić information content (AvgIpc) is 2.63. The van der Waals surface area contributed by atoms with E-state index in [1.807, 2.05) is 36.4 Å². The second-order valence-corrected chi connectivity index (χ2v) is 7.35. The van der Waals surface area contributed by atoms with Gasteiger partial charge in [-0.3, -0.25) is 4.90 Å². The number of rotatable bonds is 9. The van der Waals surface area contributed by atoms with Gasteiger partial charge in [-0.25, -0.2) is 0 Å². The molecular formula is C23H31NO. The number of hydrogen-bond acceptors (Lipinski definition) is 2. The van der Waals surface area contributed by atoms with Crippen molar-refractivity contribution in [2.75, 3.05) is 6.54 Å². The molecule has 0 saturated heterocycles. The molecule has 0 bridgehead atoms. The lowest BCUT2D eigenvalue weighted by molar-refractivity contribution is -0.111. The summed E-state index contributed by atoms with van der Waals surface area (Å²) in [6, 6.07) is 21.4. The van der Waals surface area contributed by atoms with Crippen molar-refractivity contribution in [3.63, 3.8) is 0 Å². The first-order valence-corrected chi connectivity index (χ1v) is 9.34. The van der Waals surface area contributed by atoms with Crippen LogP contribution in [0.25, 0.3) is 0 Å². The molecule has 0 heterocycles. The highest BCUT2D eigenvalue weighted by Gasteiger charge is 2.33. The van der Waals surface area contributed by atoms with Gasteiger partial charge in [-0.2, -0.15) is 0 Å². The minimum atomic E-state index is -0.567. The second-order valence-electron chi connectivity index (χ2n) is 7.35. The lowest BCUT2D eigenvalue weighted by Crippen LogP contribution is -2.39. The maximum Gasteiger partial charge on any atom is 0.134 e. The fourth-order valence-electron chi connectivity index (χ4n) is 3.77. The molecule has 2 heteroatoms. The van der Waals surface area contributed by atoms with Crippen LogP contribution in [0.5, 0.6) is 0 Å². The van der Waals surface area contributed by atoms with Gasteiger partial charge in [-0.1, -0.05) is 60.7 Å². The third-order valence-electron chi connectivity index (χ3n) is 5.09. The predicted octanol–water partition coefficient (Wildman–Crippen LogP) is 5.07. The summed E-state index contributed by atoms with van der Waals surface area (Å²) in [5, 5.41) is 0. The highest BCUT2D eigenvalue weighted by atomic mass is 16.1. The summed E-state index contributed by atoms with van der Waals surface area (Å²) in [5.41, 5.74) is 1.59. The van der Waals surface area contributed by atoms with Crippen molar-refractivity contribution < 1.29 is 4.79 Å². The van der Waals surface area contributed by atoms with Gasteiger partial charge in [0.2, 0.25) is 0 Å². The molecular weight excluding hydrogens is 306 g/mol. The van der Waals surface area contributed by atoms with Gasteiger partial charge in [0.05, 0.1) is 5.41 Å². The molecule has 0 unspecified atom stereocenters. The van der Waals surface area contributed by atoms with Crippen LogP contribution >= 0.6 is 0 Å². The highest BCUT2D eigenvalue weighted by molar-refractivity contribution is 5.75. The molecule has 0 amide bonds. The maximum absolute atomic E-state index is 12.4. The molecule has 0 saturated carbocycles. The molecule has 25 heavy (non-hydrogen) atoms. The van der Waals surface area contributed by atoms with Crippen molar-refractivity contribution >= 4 is 6.29 Å². The van der Waals surface area contributed by atoms with E-state index >= 15 is 0 Å². The zero-order valence-electron chi connectivity index (χ0n) is 16.0. The summed E-state index contributed by atoms with van der Waals surface area (Å²) in [5.74, 6) is 0. The Morgan fingerprint density at radius 3 is 1.64 bits per heavy atom. The molecule has 0 aliphatic carbocycles. The Balaban J connectivity index is 2.29. The summed E-state index contributed by atoms with van der Waals surface area (Å²) in [7, 11) is 0. The smallest absolute Gasteiger partial charge is 0.134 e. The van der Waals surface area contributed by atoms with Gasteiger partial charge in [0.15, 0.2) is 0 Å². The maximum atomic E-state index is 12.4. The molecule has 2 aromatic carbocycles. The highest BCUT2D eigenvalue weighted by Crippen LogP contribution is 2.35. The Hall–Kier alpha value is -1.93. The molecule has 0 aromatic heterocycles. The van der Waals surface area contributed by atoms with Gasteiger partial charge < -0.3 is 4.79 Å². The Bertz CT molecular complexity index is 586. The fourth-order valence-corrected chi connectivity index (χ4v) is 3.77. The number of carbonyl (C=O) groups is 1. The summed E-state index contributed by atoms with van der Waals surface area (Å²) in [6.07, 6.45) is 2.95.